The molecule has 0 aliphatic rings. The molecule has 0 radical (unpaired) electrons. The molecule has 1 aromatic carbocycles. The Morgan fingerprint density at radius 1 is 0.880 bits per heavy atom. The van der Waals surface area contributed by atoms with Crippen LogP contribution < -0.4 is 19.5 Å². The van der Waals surface area contributed by atoms with Crippen LogP contribution in [0.5, 0.6) is 17.2 Å². The molecule has 0 aliphatic heterocycles. The largest absolute Gasteiger partial charge is 0.491 e. The van der Waals surface area contributed by atoms with Gasteiger partial charge in [0.1, 0.15) is 43.2 Å². The number of hydrogen-bond acceptors (Lipinski definition) is 6. The first kappa shape index (κ1) is 19.0. The van der Waals surface area contributed by atoms with Crippen LogP contribution in [0.3, 0.4) is 0 Å². The summed E-state index contributed by atoms with van der Waals surface area (Å²) < 4.78 is 16.7. The number of nitrogens with zero attached hydrogens (tertiary/aromatic N) is 1. The van der Waals surface area contributed by atoms with Crippen LogP contribution in [0, 0.1) is 0 Å². The Labute approximate surface area is 148 Å². The fourth-order valence-corrected chi connectivity index (χ4v) is 2.01. The van der Waals surface area contributed by atoms with Gasteiger partial charge in [0.25, 0.3) is 0 Å². The molecular formula is C19H26N2O4. The predicted octanol–water partition coefficient (Wildman–Crippen LogP) is 2.28. The second-order valence-electron chi connectivity index (χ2n) is 5.88. The topological polar surface area (TPSA) is 72.8 Å². The summed E-state index contributed by atoms with van der Waals surface area (Å²) in [6.45, 7) is 5.73. The molecule has 1 atom stereocenters. The van der Waals surface area contributed by atoms with E-state index in [0.29, 0.717) is 31.5 Å². The van der Waals surface area contributed by atoms with Gasteiger partial charge in [0, 0.05) is 25.0 Å². The average Bonchev–Trinajstić information content (AvgIpc) is 2.63. The quantitative estimate of drug-likeness (QED) is 0.608. The van der Waals surface area contributed by atoms with Crippen molar-refractivity contribution in [3.63, 3.8) is 0 Å². The van der Waals surface area contributed by atoms with Crippen LogP contribution in [0.4, 0.5) is 0 Å². The van der Waals surface area contributed by atoms with E-state index in [1.54, 1.807) is 24.5 Å². The Bertz CT molecular complexity index is 590. The first-order valence-electron chi connectivity index (χ1n) is 8.43. The number of hydrogen-bond donors (Lipinski definition) is 2. The van der Waals surface area contributed by atoms with Crippen molar-refractivity contribution in [3.8, 4) is 17.2 Å². The normalized spacial score (nSPS) is 12.0. The zero-order chi connectivity index (χ0) is 17.9. The molecular weight excluding hydrogens is 320 g/mol. The lowest BCUT2D eigenvalue weighted by Crippen LogP contribution is -2.35. The summed E-state index contributed by atoms with van der Waals surface area (Å²) in [5, 5.41) is 13.0. The van der Waals surface area contributed by atoms with E-state index >= 15 is 0 Å². The summed E-state index contributed by atoms with van der Waals surface area (Å²) >= 11 is 0. The number of ether oxygens (including phenoxy) is 3. The van der Waals surface area contributed by atoms with Gasteiger partial charge in [0.2, 0.25) is 0 Å². The van der Waals surface area contributed by atoms with E-state index in [-0.39, 0.29) is 6.61 Å². The van der Waals surface area contributed by atoms with E-state index in [0.717, 1.165) is 11.5 Å². The minimum atomic E-state index is -0.538. The summed E-state index contributed by atoms with van der Waals surface area (Å²) in [5.41, 5.74) is 0. The molecule has 6 heteroatoms. The van der Waals surface area contributed by atoms with E-state index < -0.39 is 6.10 Å². The molecule has 1 unspecified atom stereocenters. The molecule has 1 heterocycles. The zero-order valence-electron chi connectivity index (χ0n) is 14.7. The molecule has 0 saturated heterocycles. The van der Waals surface area contributed by atoms with Crippen molar-refractivity contribution in [2.75, 3.05) is 26.4 Å². The van der Waals surface area contributed by atoms with Gasteiger partial charge in [0.05, 0.1) is 0 Å². The molecule has 0 bridgehead atoms. The monoisotopic (exact) mass is 346 g/mol. The zero-order valence-corrected chi connectivity index (χ0v) is 14.7. The Kier molecular flexibility index (Phi) is 8.01. The molecule has 25 heavy (non-hydrogen) atoms. The molecule has 2 N–H and O–H groups in total. The molecule has 6 nitrogen and oxygen atoms in total. The first-order chi connectivity index (χ1) is 12.1. The molecule has 1 aromatic heterocycles. The number of nitrogens with one attached hydrogen (secondary N) is 1. The number of benzene rings is 1. The van der Waals surface area contributed by atoms with Gasteiger partial charge in [-0.25, -0.2) is 0 Å². The van der Waals surface area contributed by atoms with Gasteiger partial charge in [0.15, 0.2) is 0 Å². The minimum Gasteiger partial charge on any atom is -0.491 e. The highest BCUT2D eigenvalue weighted by molar-refractivity contribution is 5.31. The maximum Gasteiger partial charge on any atom is 0.122 e. The Morgan fingerprint density at radius 2 is 1.40 bits per heavy atom. The van der Waals surface area contributed by atoms with Gasteiger partial charge < -0.3 is 24.6 Å². The van der Waals surface area contributed by atoms with Gasteiger partial charge in [-0.15, -0.1) is 0 Å². The molecule has 2 rings (SSSR count). The minimum absolute atomic E-state index is 0.250. The van der Waals surface area contributed by atoms with Crippen molar-refractivity contribution >= 4 is 0 Å². The lowest BCUT2D eigenvalue weighted by molar-refractivity contribution is 0.104. The SMILES string of the molecule is CC(C)NCC(O)COc1ccc(OCCOc2ccncc2)cc1. The molecule has 0 fully saturated rings. The average molecular weight is 346 g/mol. The molecule has 0 spiro atoms. The number of aliphatic hydroxyl groups excluding tert-OH is 1. The smallest absolute Gasteiger partial charge is 0.122 e. The summed E-state index contributed by atoms with van der Waals surface area (Å²) in [4.78, 5) is 3.93. The summed E-state index contributed by atoms with van der Waals surface area (Å²) in [5.74, 6) is 2.21. The van der Waals surface area contributed by atoms with Crippen molar-refractivity contribution in [3.05, 3.63) is 48.8 Å². The Balaban J connectivity index is 1.64. The van der Waals surface area contributed by atoms with Crippen LogP contribution in [-0.4, -0.2) is 48.6 Å². The number of aliphatic hydroxyl groups is 1. The molecule has 0 saturated carbocycles. The highest BCUT2D eigenvalue weighted by Gasteiger charge is 2.06. The van der Waals surface area contributed by atoms with Gasteiger partial charge >= 0.3 is 0 Å². The second-order valence-corrected chi connectivity index (χ2v) is 5.88. The lowest BCUT2D eigenvalue weighted by Gasteiger charge is -2.15. The molecule has 0 aliphatic carbocycles. The Morgan fingerprint density at radius 3 is 1.96 bits per heavy atom. The fraction of sp³-hybridized carbons (Fsp3) is 0.421. The summed E-state index contributed by atoms with van der Waals surface area (Å²) in [6, 6.07) is 11.3. The number of pyridine rings is 1. The molecule has 0 amide bonds. The van der Waals surface area contributed by atoms with Gasteiger partial charge in [-0.2, -0.15) is 0 Å². The van der Waals surface area contributed by atoms with E-state index in [9.17, 15) is 5.11 Å². The summed E-state index contributed by atoms with van der Waals surface area (Å²) in [7, 11) is 0. The van der Waals surface area contributed by atoms with Crippen molar-refractivity contribution in [1.82, 2.24) is 10.3 Å². The standard InChI is InChI=1S/C19H26N2O4/c1-15(2)21-13-16(22)14-25-18-5-3-17(4-6-18)23-11-12-24-19-7-9-20-10-8-19/h3-10,15-16,21-22H,11-14H2,1-2H3. The van der Waals surface area contributed by atoms with Crippen LogP contribution in [0.15, 0.2) is 48.8 Å². The fourth-order valence-electron chi connectivity index (χ4n) is 2.01. The molecule has 2 aromatic rings. The highest BCUT2D eigenvalue weighted by Crippen LogP contribution is 2.17. The van der Waals surface area contributed by atoms with Gasteiger partial charge in [-0.3, -0.25) is 4.98 Å². The van der Waals surface area contributed by atoms with Gasteiger partial charge in [-0.05, 0) is 36.4 Å². The van der Waals surface area contributed by atoms with Crippen LogP contribution in [0.2, 0.25) is 0 Å². The maximum atomic E-state index is 9.82. The van der Waals surface area contributed by atoms with E-state index in [2.05, 4.69) is 10.3 Å². The third kappa shape index (κ3) is 7.87. The lowest BCUT2D eigenvalue weighted by atomic mass is 10.3. The van der Waals surface area contributed by atoms with Crippen molar-refractivity contribution < 1.29 is 19.3 Å². The summed E-state index contributed by atoms with van der Waals surface area (Å²) in [6.07, 6.45) is 2.83. The highest BCUT2D eigenvalue weighted by atomic mass is 16.5. The van der Waals surface area contributed by atoms with Crippen LogP contribution in [0.1, 0.15) is 13.8 Å². The van der Waals surface area contributed by atoms with Crippen molar-refractivity contribution in [1.29, 1.82) is 0 Å². The maximum absolute atomic E-state index is 9.82. The van der Waals surface area contributed by atoms with Crippen molar-refractivity contribution in [2.45, 2.75) is 26.0 Å². The third-order valence-corrected chi connectivity index (χ3v) is 3.30. The van der Waals surface area contributed by atoms with Gasteiger partial charge in [-0.1, -0.05) is 13.8 Å². The second kappa shape index (κ2) is 10.5. The third-order valence-electron chi connectivity index (χ3n) is 3.30. The van der Waals surface area contributed by atoms with E-state index in [1.165, 1.54) is 0 Å². The van der Waals surface area contributed by atoms with Crippen LogP contribution >= 0.6 is 0 Å². The van der Waals surface area contributed by atoms with Crippen LogP contribution in [0.25, 0.3) is 0 Å². The van der Waals surface area contributed by atoms with E-state index in [1.807, 2.05) is 38.1 Å². The molecule has 136 valence electrons. The first-order valence-corrected chi connectivity index (χ1v) is 8.43. The van der Waals surface area contributed by atoms with Crippen molar-refractivity contribution in [2.24, 2.45) is 0 Å². The number of aromatic nitrogens is 1. The Hall–Kier alpha value is -2.31. The predicted molar refractivity (Wildman–Crippen MR) is 96.3 cm³/mol. The van der Waals surface area contributed by atoms with Crippen LogP contribution in [-0.2, 0) is 0 Å². The number of rotatable bonds is 11. The van der Waals surface area contributed by atoms with E-state index in [4.69, 9.17) is 14.2 Å².